The first-order valence-electron chi connectivity index (χ1n) is 8.09. The number of nitrogens with zero attached hydrogens (tertiary/aromatic N) is 3. The van der Waals surface area contributed by atoms with E-state index in [1.165, 1.54) is 5.56 Å². The molecule has 0 radical (unpaired) electrons. The second-order valence-corrected chi connectivity index (χ2v) is 6.37. The minimum atomic E-state index is -0.295. The number of benzene rings is 1. The molecule has 6 nitrogen and oxygen atoms in total. The maximum absolute atomic E-state index is 10.3. The quantitative estimate of drug-likeness (QED) is 0.670. The fourth-order valence-corrected chi connectivity index (χ4v) is 3.58. The van der Waals surface area contributed by atoms with Gasteiger partial charge in [0.25, 0.3) is 0 Å². The van der Waals surface area contributed by atoms with Crippen molar-refractivity contribution in [3.8, 4) is 0 Å². The fourth-order valence-electron chi connectivity index (χ4n) is 3.58. The van der Waals surface area contributed by atoms with Crippen molar-refractivity contribution in [1.29, 1.82) is 0 Å². The number of para-hydroxylation sites is 1. The molecule has 1 aliphatic carbocycles. The van der Waals surface area contributed by atoms with Gasteiger partial charge in [-0.05, 0) is 30.4 Å². The number of aliphatic hydroxyl groups is 1. The zero-order chi connectivity index (χ0) is 15.6. The number of nitrogens with one attached hydrogen (secondary N) is 2. The van der Waals surface area contributed by atoms with Gasteiger partial charge in [-0.1, -0.05) is 18.2 Å². The van der Waals surface area contributed by atoms with Gasteiger partial charge in [0.05, 0.1) is 17.8 Å². The summed E-state index contributed by atoms with van der Waals surface area (Å²) in [6.07, 6.45) is 7.12. The highest BCUT2D eigenvalue weighted by Crippen LogP contribution is 2.28. The molecule has 0 amide bonds. The van der Waals surface area contributed by atoms with E-state index < -0.39 is 0 Å². The number of hydrogen-bond acceptors (Lipinski definition) is 4. The number of aliphatic hydroxyl groups excluding tert-OH is 1. The molecular weight excluding hydrogens is 290 g/mol. The minimum absolute atomic E-state index is 0.133. The largest absolute Gasteiger partial charge is 0.391 e. The standard InChI is InChI=1S/C17H21N5O/c23-16-8-12(11-22-6-2-5-20-22)7-15(16)18-9-13-3-1-4-14-10-19-21-17(13)14/h1-6,10,12,15-16,18,23H,7-9,11H2,(H,19,21)/t12?,15-,16-/m1/s1. The number of hydrogen-bond donors (Lipinski definition) is 3. The molecule has 0 spiro atoms. The molecule has 120 valence electrons. The minimum Gasteiger partial charge on any atom is -0.391 e. The SMILES string of the molecule is O[C@@H]1CC(Cn2cccn2)C[C@H]1NCc1cccc2cn[nH]c12. The predicted molar refractivity (Wildman–Crippen MR) is 87.7 cm³/mol. The van der Waals surface area contributed by atoms with Crippen molar-refractivity contribution < 1.29 is 5.11 Å². The summed E-state index contributed by atoms with van der Waals surface area (Å²) < 4.78 is 1.95. The van der Waals surface area contributed by atoms with E-state index in [2.05, 4.69) is 26.7 Å². The lowest BCUT2D eigenvalue weighted by molar-refractivity contribution is 0.145. The topological polar surface area (TPSA) is 78.8 Å². The Labute approximate surface area is 134 Å². The van der Waals surface area contributed by atoms with Crippen molar-refractivity contribution in [2.45, 2.75) is 38.1 Å². The Morgan fingerprint density at radius 3 is 3.13 bits per heavy atom. The molecule has 6 heteroatoms. The number of fused-ring (bicyclic) bond motifs is 1. The summed E-state index contributed by atoms with van der Waals surface area (Å²) >= 11 is 0. The maximum Gasteiger partial charge on any atom is 0.0696 e. The van der Waals surface area contributed by atoms with E-state index in [0.717, 1.165) is 36.8 Å². The summed E-state index contributed by atoms with van der Waals surface area (Å²) in [6.45, 7) is 1.61. The Morgan fingerprint density at radius 1 is 1.30 bits per heavy atom. The first kappa shape index (κ1) is 14.4. The van der Waals surface area contributed by atoms with Gasteiger partial charge in [-0.15, -0.1) is 0 Å². The molecule has 3 N–H and O–H groups in total. The Kier molecular flexibility index (Phi) is 3.85. The molecule has 0 aliphatic heterocycles. The summed E-state index contributed by atoms with van der Waals surface area (Å²) in [4.78, 5) is 0. The highest BCUT2D eigenvalue weighted by Gasteiger charge is 2.32. The average Bonchev–Trinajstić information content (AvgIpc) is 3.27. The lowest BCUT2D eigenvalue weighted by Gasteiger charge is -2.16. The lowest BCUT2D eigenvalue weighted by atomic mass is 10.1. The van der Waals surface area contributed by atoms with Gasteiger partial charge in [0, 0.05) is 36.9 Å². The van der Waals surface area contributed by atoms with Crippen molar-refractivity contribution in [2.75, 3.05) is 0 Å². The van der Waals surface area contributed by atoms with E-state index in [9.17, 15) is 5.11 Å². The monoisotopic (exact) mass is 311 g/mol. The number of H-pyrrole nitrogens is 1. The van der Waals surface area contributed by atoms with Crippen molar-refractivity contribution in [2.24, 2.45) is 5.92 Å². The van der Waals surface area contributed by atoms with E-state index in [1.807, 2.05) is 35.3 Å². The molecule has 23 heavy (non-hydrogen) atoms. The fraction of sp³-hybridized carbons (Fsp3) is 0.412. The van der Waals surface area contributed by atoms with Crippen molar-refractivity contribution >= 4 is 10.9 Å². The molecule has 1 aliphatic rings. The average molecular weight is 311 g/mol. The van der Waals surface area contributed by atoms with Crippen LogP contribution in [-0.2, 0) is 13.1 Å². The van der Waals surface area contributed by atoms with E-state index >= 15 is 0 Å². The van der Waals surface area contributed by atoms with E-state index in [1.54, 1.807) is 6.20 Å². The van der Waals surface area contributed by atoms with Crippen molar-refractivity contribution in [3.63, 3.8) is 0 Å². The molecule has 2 aromatic heterocycles. The highest BCUT2D eigenvalue weighted by molar-refractivity contribution is 5.81. The molecule has 3 atom stereocenters. The molecule has 1 fully saturated rings. The second kappa shape index (κ2) is 6.14. The van der Waals surface area contributed by atoms with Gasteiger partial charge in [0.15, 0.2) is 0 Å². The van der Waals surface area contributed by atoms with E-state index in [4.69, 9.17) is 0 Å². The maximum atomic E-state index is 10.3. The van der Waals surface area contributed by atoms with Gasteiger partial charge in [-0.2, -0.15) is 10.2 Å². The third-order valence-electron chi connectivity index (χ3n) is 4.75. The van der Waals surface area contributed by atoms with Gasteiger partial charge < -0.3 is 10.4 Å². The molecule has 0 saturated heterocycles. The summed E-state index contributed by atoms with van der Waals surface area (Å²) in [7, 11) is 0. The molecule has 3 aromatic rings. The zero-order valence-corrected chi connectivity index (χ0v) is 12.9. The van der Waals surface area contributed by atoms with Crippen LogP contribution in [0.2, 0.25) is 0 Å². The van der Waals surface area contributed by atoms with Crippen LogP contribution in [0.4, 0.5) is 0 Å². The molecule has 4 rings (SSSR count). The molecule has 0 bridgehead atoms. The van der Waals surface area contributed by atoms with Gasteiger partial charge in [0.1, 0.15) is 0 Å². The summed E-state index contributed by atoms with van der Waals surface area (Å²) in [5, 5.41) is 26.4. The summed E-state index contributed by atoms with van der Waals surface area (Å²) in [6, 6.07) is 8.25. The third-order valence-corrected chi connectivity index (χ3v) is 4.75. The Morgan fingerprint density at radius 2 is 2.26 bits per heavy atom. The van der Waals surface area contributed by atoms with E-state index in [0.29, 0.717) is 5.92 Å². The van der Waals surface area contributed by atoms with Crippen LogP contribution < -0.4 is 5.32 Å². The Hall–Kier alpha value is -2.18. The molecule has 1 aromatic carbocycles. The highest BCUT2D eigenvalue weighted by atomic mass is 16.3. The number of aromatic nitrogens is 4. The normalized spacial score (nSPS) is 24.5. The van der Waals surface area contributed by atoms with Crippen LogP contribution in [0.1, 0.15) is 18.4 Å². The molecule has 2 heterocycles. The molecule has 1 saturated carbocycles. The third kappa shape index (κ3) is 3.00. The van der Waals surface area contributed by atoms with Crippen LogP contribution in [-0.4, -0.2) is 37.2 Å². The van der Waals surface area contributed by atoms with Gasteiger partial charge in [0.2, 0.25) is 0 Å². The van der Waals surface area contributed by atoms with Gasteiger partial charge in [-0.25, -0.2) is 0 Å². The summed E-state index contributed by atoms with van der Waals surface area (Å²) in [5.74, 6) is 0.463. The van der Waals surface area contributed by atoms with E-state index in [-0.39, 0.29) is 12.1 Å². The Bertz CT molecular complexity index is 766. The van der Waals surface area contributed by atoms with Crippen molar-refractivity contribution in [3.05, 3.63) is 48.4 Å². The smallest absolute Gasteiger partial charge is 0.0696 e. The van der Waals surface area contributed by atoms with Crippen molar-refractivity contribution in [1.82, 2.24) is 25.3 Å². The summed E-state index contributed by atoms with van der Waals surface area (Å²) in [5.41, 5.74) is 2.25. The lowest BCUT2D eigenvalue weighted by Crippen LogP contribution is -2.35. The van der Waals surface area contributed by atoms with Crippen LogP contribution in [0, 0.1) is 5.92 Å². The zero-order valence-electron chi connectivity index (χ0n) is 12.9. The van der Waals surface area contributed by atoms with Crippen LogP contribution >= 0.6 is 0 Å². The van der Waals surface area contributed by atoms with Crippen LogP contribution in [0.25, 0.3) is 10.9 Å². The van der Waals surface area contributed by atoms with Crippen LogP contribution in [0.15, 0.2) is 42.9 Å². The second-order valence-electron chi connectivity index (χ2n) is 6.37. The van der Waals surface area contributed by atoms with Gasteiger partial charge in [-0.3, -0.25) is 9.78 Å². The first-order valence-corrected chi connectivity index (χ1v) is 8.09. The number of rotatable bonds is 5. The molecule has 1 unspecified atom stereocenters. The molecular formula is C17H21N5O. The number of aromatic amines is 1. The predicted octanol–water partition coefficient (Wildman–Crippen LogP) is 1.69. The van der Waals surface area contributed by atoms with Crippen LogP contribution in [0.3, 0.4) is 0 Å². The van der Waals surface area contributed by atoms with Crippen LogP contribution in [0.5, 0.6) is 0 Å². The van der Waals surface area contributed by atoms with Gasteiger partial charge >= 0.3 is 0 Å². The first-order chi connectivity index (χ1) is 11.3. The Balaban J connectivity index is 1.38.